The van der Waals surface area contributed by atoms with E-state index in [2.05, 4.69) is 16.8 Å². The third-order valence-electron chi connectivity index (χ3n) is 2.98. The Bertz CT molecular complexity index is 581. The molecule has 0 aliphatic carbocycles. The summed E-state index contributed by atoms with van der Waals surface area (Å²) in [5, 5.41) is 7.04. The van der Waals surface area contributed by atoms with Crippen molar-refractivity contribution in [2.75, 3.05) is 24.6 Å². The quantitative estimate of drug-likeness (QED) is 0.832. The molecule has 0 saturated heterocycles. The van der Waals surface area contributed by atoms with E-state index >= 15 is 0 Å². The minimum Gasteiger partial charge on any atom is -0.399 e. The summed E-state index contributed by atoms with van der Waals surface area (Å²) in [7, 11) is 1.93. The first kappa shape index (κ1) is 14.6. The average molecular weight is 289 g/mol. The van der Waals surface area contributed by atoms with Crippen LogP contribution in [0.2, 0.25) is 0 Å². The molecule has 20 heavy (non-hydrogen) atoms. The van der Waals surface area contributed by atoms with Gasteiger partial charge in [0.15, 0.2) is 0 Å². The molecule has 0 fully saturated rings. The number of carbonyl (C=O) groups is 1. The summed E-state index contributed by atoms with van der Waals surface area (Å²) in [6.07, 6.45) is 0. The molecule has 0 unspecified atom stereocenters. The second-order valence-electron chi connectivity index (χ2n) is 4.93. The Morgan fingerprint density at radius 2 is 2.20 bits per heavy atom. The van der Waals surface area contributed by atoms with Gasteiger partial charge >= 0.3 is 0 Å². The number of benzene rings is 1. The van der Waals surface area contributed by atoms with Crippen LogP contribution in [0.4, 0.5) is 11.4 Å². The largest absolute Gasteiger partial charge is 0.399 e. The fourth-order valence-corrected chi connectivity index (χ4v) is 2.62. The monoisotopic (exact) mass is 289 g/mol. The molecule has 0 spiro atoms. The number of anilines is 2. The van der Waals surface area contributed by atoms with Crippen molar-refractivity contribution in [1.82, 2.24) is 4.90 Å². The Morgan fingerprint density at radius 3 is 2.90 bits per heavy atom. The van der Waals surface area contributed by atoms with Crippen molar-refractivity contribution in [1.29, 1.82) is 0 Å². The average Bonchev–Trinajstić information content (AvgIpc) is 2.86. The molecule has 2 aromatic rings. The first-order valence-corrected chi connectivity index (χ1v) is 7.34. The van der Waals surface area contributed by atoms with Gasteiger partial charge in [-0.25, -0.2) is 0 Å². The van der Waals surface area contributed by atoms with E-state index in [1.165, 1.54) is 5.56 Å². The molecule has 0 atom stereocenters. The Hall–Kier alpha value is -1.85. The van der Waals surface area contributed by atoms with Crippen LogP contribution in [-0.2, 0) is 11.3 Å². The van der Waals surface area contributed by atoms with E-state index in [0.29, 0.717) is 12.2 Å². The van der Waals surface area contributed by atoms with Crippen molar-refractivity contribution in [3.63, 3.8) is 0 Å². The molecular weight excluding hydrogens is 270 g/mol. The van der Waals surface area contributed by atoms with Crippen LogP contribution in [0.5, 0.6) is 0 Å². The normalized spacial score (nSPS) is 10.8. The van der Waals surface area contributed by atoms with Gasteiger partial charge in [-0.05, 0) is 54.1 Å². The number of hydrogen-bond donors (Lipinski definition) is 2. The van der Waals surface area contributed by atoms with Gasteiger partial charge in [0.2, 0.25) is 5.91 Å². The highest BCUT2D eigenvalue weighted by atomic mass is 32.1. The number of hydrogen-bond acceptors (Lipinski definition) is 4. The van der Waals surface area contributed by atoms with Crippen LogP contribution in [0.3, 0.4) is 0 Å². The van der Waals surface area contributed by atoms with E-state index in [4.69, 9.17) is 5.73 Å². The van der Waals surface area contributed by atoms with Gasteiger partial charge < -0.3 is 11.1 Å². The van der Waals surface area contributed by atoms with E-state index in [-0.39, 0.29) is 5.91 Å². The highest BCUT2D eigenvalue weighted by Gasteiger charge is 2.09. The van der Waals surface area contributed by atoms with Gasteiger partial charge in [0.25, 0.3) is 0 Å². The minimum atomic E-state index is -0.0311. The van der Waals surface area contributed by atoms with Crippen LogP contribution >= 0.6 is 11.3 Å². The fraction of sp³-hybridized carbons (Fsp3) is 0.267. The van der Waals surface area contributed by atoms with Crippen LogP contribution in [0.1, 0.15) is 11.1 Å². The van der Waals surface area contributed by atoms with Gasteiger partial charge in [0, 0.05) is 17.9 Å². The number of aryl methyl sites for hydroxylation is 1. The molecule has 0 bridgehead atoms. The SMILES string of the molecule is Cc1ccc(N)cc1NC(=O)CN(C)Cc1ccsc1. The van der Waals surface area contributed by atoms with Crippen LogP contribution in [0.15, 0.2) is 35.0 Å². The summed E-state index contributed by atoms with van der Waals surface area (Å²) in [6.45, 7) is 3.07. The number of nitrogens with zero attached hydrogens (tertiary/aromatic N) is 1. The molecule has 1 aromatic heterocycles. The van der Waals surface area contributed by atoms with Crippen molar-refractivity contribution in [2.24, 2.45) is 0 Å². The van der Waals surface area contributed by atoms with Crippen molar-refractivity contribution >= 4 is 28.6 Å². The van der Waals surface area contributed by atoms with Gasteiger partial charge in [-0.3, -0.25) is 9.69 Å². The Kier molecular flexibility index (Phi) is 4.76. The molecule has 0 aliphatic heterocycles. The van der Waals surface area contributed by atoms with Crippen LogP contribution in [0, 0.1) is 6.92 Å². The van der Waals surface area contributed by atoms with Gasteiger partial charge in [-0.15, -0.1) is 0 Å². The second-order valence-corrected chi connectivity index (χ2v) is 5.71. The topological polar surface area (TPSA) is 58.4 Å². The Labute approximate surface area is 123 Å². The lowest BCUT2D eigenvalue weighted by Crippen LogP contribution is -2.29. The zero-order valence-corrected chi connectivity index (χ0v) is 12.5. The summed E-state index contributed by atoms with van der Waals surface area (Å²) < 4.78 is 0. The number of thiophene rings is 1. The summed E-state index contributed by atoms with van der Waals surface area (Å²) in [5.74, 6) is -0.0311. The number of likely N-dealkylation sites (N-methyl/N-ethyl adjacent to an activating group) is 1. The standard InChI is InChI=1S/C15H19N3OS/c1-11-3-4-13(16)7-14(11)17-15(19)9-18(2)8-12-5-6-20-10-12/h3-7,10H,8-9,16H2,1-2H3,(H,17,19). The van der Waals surface area contributed by atoms with Crippen molar-refractivity contribution < 1.29 is 4.79 Å². The molecule has 106 valence electrons. The maximum atomic E-state index is 12.0. The smallest absolute Gasteiger partial charge is 0.238 e. The van der Waals surface area contributed by atoms with Crippen molar-refractivity contribution in [2.45, 2.75) is 13.5 Å². The van der Waals surface area contributed by atoms with Crippen molar-refractivity contribution in [3.8, 4) is 0 Å². The van der Waals surface area contributed by atoms with E-state index in [1.54, 1.807) is 17.4 Å². The Balaban J connectivity index is 1.90. The van der Waals surface area contributed by atoms with Crippen LogP contribution in [-0.4, -0.2) is 24.4 Å². The van der Waals surface area contributed by atoms with Gasteiger partial charge in [0.05, 0.1) is 6.54 Å². The Morgan fingerprint density at radius 1 is 1.40 bits per heavy atom. The summed E-state index contributed by atoms with van der Waals surface area (Å²) in [4.78, 5) is 14.0. The van der Waals surface area contributed by atoms with E-state index in [1.807, 2.05) is 36.4 Å². The van der Waals surface area contributed by atoms with E-state index < -0.39 is 0 Å². The molecule has 1 amide bonds. The lowest BCUT2D eigenvalue weighted by Gasteiger charge is -2.16. The molecule has 0 radical (unpaired) electrons. The molecule has 1 aromatic carbocycles. The van der Waals surface area contributed by atoms with Crippen LogP contribution < -0.4 is 11.1 Å². The first-order valence-electron chi connectivity index (χ1n) is 6.40. The summed E-state index contributed by atoms with van der Waals surface area (Å²) >= 11 is 1.67. The van der Waals surface area contributed by atoms with E-state index in [9.17, 15) is 4.79 Å². The summed E-state index contributed by atoms with van der Waals surface area (Å²) in [5.41, 5.74) is 9.40. The number of nitrogens with two attached hydrogens (primary N) is 1. The molecule has 1 heterocycles. The van der Waals surface area contributed by atoms with Gasteiger partial charge in [-0.2, -0.15) is 11.3 Å². The van der Waals surface area contributed by atoms with Crippen LogP contribution in [0.25, 0.3) is 0 Å². The lowest BCUT2D eigenvalue weighted by molar-refractivity contribution is -0.117. The molecule has 3 N–H and O–H groups in total. The summed E-state index contributed by atoms with van der Waals surface area (Å²) in [6, 6.07) is 7.58. The molecule has 5 heteroatoms. The van der Waals surface area contributed by atoms with Gasteiger partial charge in [-0.1, -0.05) is 6.07 Å². The predicted molar refractivity (Wildman–Crippen MR) is 84.9 cm³/mol. The second kappa shape index (κ2) is 6.54. The third-order valence-corrected chi connectivity index (χ3v) is 3.71. The zero-order valence-electron chi connectivity index (χ0n) is 11.7. The highest BCUT2D eigenvalue weighted by Crippen LogP contribution is 2.18. The third kappa shape index (κ3) is 4.08. The number of rotatable bonds is 5. The fourth-order valence-electron chi connectivity index (χ4n) is 1.96. The molecule has 4 nitrogen and oxygen atoms in total. The predicted octanol–water partition coefficient (Wildman–Crippen LogP) is 2.71. The lowest BCUT2D eigenvalue weighted by atomic mass is 10.2. The number of nitrogens with one attached hydrogen (secondary N) is 1. The number of amides is 1. The zero-order chi connectivity index (χ0) is 14.5. The maximum Gasteiger partial charge on any atom is 0.238 e. The number of carbonyl (C=O) groups excluding carboxylic acids is 1. The molecule has 2 rings (SSSR count). The van der Waals surface area contributed by atoms with E-state index in [0.717, 1.165) is 17.8 Å². The maximum absolute atomic E-state index is 12.0. The molecule has 0 saturated carbocycles. The highest BCUT2D eigenvalue weighted by molar-refractivity contribution is 7.07. The van der Waals surface area contributed by atoms with Crippen molar-refractivity contribution in [3.05, 3.63) is 46.2 Å². The number of nitrogen functional groups attached to an aromatic ring is 1. The minimum absolute atomic E-state index is 0.0311. The van der Waals surface area contributed by atoms with Gasteiger partial charge in [0.1, 0.15) is 0 Å². The molecular formula is C15H19N3OS. The first-order chi connectivity index (χ1) is 9.54. The molecule has 0 aliphatic rings.